The van der Waals surface area contributed by atoms with Gasteiger partial charge >= 0.3 is 12.2 Å². The first-order valence-electron chi connectivity index (χ1n) is 10.6. The third kappa shape index (κ3) is 4.50. The van der Waals surface area contributed by atoms with Crippen LogP contribution in [0.4, 0.5) is 23.8 Å². The molecule has 174 valence electrons. The van der Waals surface area contributed by atoms with Crippen molar-refractivity contribution in [2.24, 2.45) is 0 Å². The number of nitrogens with one attached hydrogen (secondary N) is 2. The number of nitrogens with zero attached hydrogens (tertiary/aromatic N) is 4. The molecule has 1 aliphatic carbocycles. The van der Waals surface area contributed by atoms with Crippen molar-refractivity contribution in [3.63, 3.8) is 0 Å². The van der Waals surface area contributed by atoms with E-state index in [2.05, 4.69) is 15.7 Å². The molecule has 1 aromatic heterocycles. The van der Waals surface area contributed by atoms with Gasteiger partial charge in [-0.1, -0.05) is 19.3 Å². The van der Waals surface area contributed by atoms with E-state index in [0.717, 1.165) is 36.5 Å². The number of amides is 4. The van der Waals surface area contributed by atoms with Gasteiger partial charge in [-0.05, 0) is 25.0 Å². The second kappa shape index (κ2) is 8.57. The minimum Gasteiger partial charge on any atom is -0.354 e. The highest BCUT2D eigenvalue weighted by Gasteiger charge is 2.52. The lowest BCUT2D eigenvalue weighted by atomic mass is 9.82. The van der Waals surface area contributed by atoms with E-state index in [1.54, 1.807) is 0 Å². The van der Waals surface area contributed by atoms with Crippen LogP contribution in [0, 0.1) is 0 Å². The number of rotatable bonds is 4. The molecule has 1 aromatic rings. The number of urea groups is 1. The van der Waals surface area contributed by atoms with Gasteiger partial charge < -0.3 is 10.2 Å². The van der Waals surface area contributed by atoms with Crippen LogP contribution in [0.1, 0.15) is 37.7 Å². The Labute approximate surface area is 182 Å². The lowest BCUT2D eigenvalue weighted by molar-refractivity contribution is -0.140. The molecule has 0 bridgehead atoms. The summed E-state index contributed by atoms with van der Waals surface area (Å²) in [5.74, 6) is -0.435. The van der Waals surface area contributed by atoms with Crippen molar-refractivity contribution in [2.45, 2.75) is 43.8 Å². The number of pyridine rings is 1. The molecule has 2 aliphatic heterocycles. The van der Waals surface area contributed by atoms with Crippen LogP contribution >= 0.6 is 0 Å². The van der Waals surface area contributed by atoms with Gasteiger partial charge in [0.2, 0.25) is 0 Å². The van der Waals surface area contributed by atoms with E-state index in [9.17, 15) is 27.6 Å². The fourth-order valence-electron chi connectivity index (χ4n) is 4.46. The smallest absolute Gasteiger partial charge is 0.354 e. The quantitative estimate of drug-likeness (QED) is 0.670. The molecular formula is C20H25F3N6O3. The molecule has 4 amide bonds. The number of alkyl halides is 3. The monoisotopic (exact) mass is 454 g/mol. The zero-order chi connectivity index (χ0) is 22.9. The van der Waals surface area contributed by atoms with Crippen LogP contribution in [0.2, 0.25) is 0 Å². The summed E-state index contributed by atoms with van der Waals surface area (Å²) in [5.41, 5.74) is 0.720. The first kappa shape index (κ1) is 22.3. The minimum absolute atomic E-state index is 0.00165. The van der Waals surface area contributed by atoms with E-state index >= 15 is 0 Å². The summed E-state index contributed by atoms with van der Waals surface area (Å²) in [4.78, 5) is 45.0. The van der Waals surface area contributed by atoms with Crippen molar-refractivity contribution >= 4 is 23.7 Å². The zero-order valence-corrected chi connectivity index (χ0v) is 17.5. The van der Waals surface area contributed by atoms with Gasteiger partial charge in [-0.3, -0.25) is 19.9 Å². The molecule has 4 rings (SSSR count). The van der Waals surface area contributed by atoms with Gasteiger partial charge in [0, 0.05) is 32.4 Å². The van der Waals surface area contributed by atoms with Crippen LogP contribution in [0.5, 0.6) is 0 Å². The highest BCUT2D eigenvalue weighted by Crippen LogP contribution is 2.33. The molecule has 0 unspecified atom stereocenters. The van der Waals surface area contributed by atoms with E-state index in [1.165, 1.54) is 6.07 Å². The van der Waals surface area contributed by atoms with Gasteiger partial charge in [0.25, 0.3) is 11.8 Å². The average Bonchev–Trinajstić information content (AvgIpc) is 2.98. The number of hydrogen-bond donors (Lipinski definition) is 2. The van der Waals surface area contributed by atoms with Gasteiger partial charge in [-0.15, -0.1) is 0 Å². The maximum Gasteiger partial charge on any atom is 0.417 e. The molecule has 0 radical (unpaired) electrons. The summed E-state index contributed by atoms with van der Waals surface area (Å²) in [5, 5.41) is 3.53. The van der Waals surface area contributed by atoms with Crippen molar-refractivity contribution in [1.82, 2.24) is 25.6 Å². The normalized spacial score (nSPS) is 21.7. The molecule has 3 heterocycles. The Balaban J connectivity index is 1.27. The highest BCUT2D eigenvalue weighted by atomic mass is 19.4. The van der Waals surface area contributed by atoms with Crippen LogP contribution in [0.25, 0.3) is 0 Å². The molecule has 1 spiro atoms. The third-order valence-electron chi connectivity index (χ3n) is 6.24. The van der Waals surface area contributed by atoms with Gasteiger partial charge in [0.05, 0.1) is 12.1 Å². The van der Waals surface area contributed by atoms with Gasteiger partial charge in [-0.2, -0.15) is 18.2 Å². The number of anilines is 1. The Morgan fingerprint density at radius 2 is 1.78 bits per heavy atom. The number of hydrazine groups is 1. The summed E-state index contributed by atoms with van der Waals surface area (Å²) in [6, 6.07) is 1.73. The molecule has 12 heteroatoms. The molecule has 0 atom stereocenters. The summed E-state index contributed by atoms with van der Waals surface area (Å²) >= 11 is 0. The van der Waals surface area contributed by atoms with E-state index in [4.69, 9.17) is 0 Å². The molecular weight excluding hydrogens is 429 g/mol. The first-order chi connectivity index (χ1) is 15.2. The second-order valence-electron chi connectivity index (χ2n) is 8.41. The predicted molar refractivity (Wildman–Crippen MR) is 107 cm³/mol. The third-order valence-corrected chi connectivity index (χ3v) is 6.24. The number of aromatic nitrogens is 1. The molecule has 2 saturated heterocycles. The van der Waals surface area contributed by atoms with Crippen LogP contribution in [-0.4, -0.2) is 71.0 Å². The Morgan fingerprint density at radius 3 is 2.38 bits per heavy atom. The Morgan fingerprint density at radius 1 is 1.09 bits per heavy atom. The van der Waals surface area contributed by atoms with E-state index < -0.39 is 35.1 Å². The topological polar surface area (TPSA) is 97.9 Å². The maximum atomic E-state index is 12.7. The maximum absolute atomic E-state index is 12.7. The second-order valence-corrected chi connectivity index (χ2v) is 8.41. The van der Waals surface area contributed by atoms with Gasteiger partial charge in [-0.25, -0.2) is 9.78 Å². The number of piperazine rings is 1. The van der Waals surface area contributed by atoms with Crippen molar-refractivity contribution in [2.75, 3.05) is 37.6 Å². The molecule has 1 saturated carbocycles. The highest BCUT2D eigenvalue weighted by molar-refractivity contribution is 6.08. The number of hydrogen-bond acceptors (Lipinski definition) is 6. The number of halogens is 3. The number of carbonyl (C=O) groups excluding carboxylic acids is 3. The fourth-order valence-corrected chi connectivity index (χ4v) is 4.46. The van der Waals surface area contributed by atoms with Crippen molar-refractivity contribution in [3.8, 4) is 0 Å². The van der Waals surface area contributed by atoms with Crippen molar-refractivity contribution < 1.29 is 27.6 Å². The molecule has 3 fully saturated rings. The number of imide groups is 1. The zero-order valence-electron chi connectivity index (χ0n) is 17.5. The average molecular weight is 454 g/mol. The molecule has 0 aromatic carbocycles. The van der Waals surface area contributed by atoms with Crippen molar-refractivity contribution in [1.29, 1.82) is 0 Å². The summed E-state index contributed by atoms with van der Waals surface area (Å²) in [6.07, 6.45) is 0.255. The fraction of sp³-hybridized carbons (Fsp3) is 0.600. The van der Waals surface area contributed by atoms with Crippen LogP contribution in [0.3, 0.4) is 0 Å². The minimum atomic E-state index is -4.43. The van der Waals surface area contributed by atoms with Crippen LogP contribution < -0.4 is 15.6 Å². The largest absolute Gasteiger partial charge is 0.417 e. The molecule has 32 heavy (non-hydrogen) atoms. The Kier molecular flexibility index (Phi) is 5.97. The van der Waals surface area contributed by atoms with E-state index in [1.807, 2.05) is 9.80 Å². The number of carbonyl (C=O) groups is 3. The molecule has 9 nitrogen and oxygen atoms in total. The molecule has 3 aliphatic rings. The van der Waals surface area contributed by atoms with E-state index in [0.29, 0.717) is 44.8 Å². The summed E-state index contributed by atoms with van der Waals surface area (Å²) in [7, 11) is 0. The van der Waals surface area contributed by atoms with Crippen LogP contribution in [0.15, 0.2) is 18.3 Å². The molecule has 2 N–H and O–H groups in total. The predicted octanol–water partition coefficient (Wildman–Crippen LogP) is 1.51. The first-order valence-corrected chi connectivity index (χ1v) is 10.6. The van der Waals surface area contributed by atoms with Gasteiger partial charge in [0.15, 0.2) is 0 Å². The Bertz CT molecular complexity index is 878. The Hall–Kier alpha value is -2.89. The van der Waals surface area contributed by atoms with Crippen molar-refractivity contribution in [3.05, 3.63) is 23.9 Å². The standard InChI is InChI=1S/C20H25F3N6O3/c21-20(22,23)14-4-5-15(24-12-14)28-10-8-27(9-11-28)13-16(30)26-29-17(31)19(25-18(29)32)6-2-1-3-7-19/h4-5,12H,1-3,6-11,13H2,(H,25,32)(H,26,30). The summed E-state index contributed by atoms with van der Waals surface area (Å²) in [6.45, 7) is 1.94. The van der Waals surface area contributed by atoms with Crippen LogP contribution in [-0.2, 0) is 15.8 Å². The summed E-state index contributed by atoms with van der Waals surface area (Å²) < 4.78 is 38.1. The lowest BCUT2D eigenvalue weighted by Crippen LogP contribution is -2.54. The SMILES string of the molecule is O=C(CN1CCN(c2ccc(C(F)(F)F)cn2)CC1)NN1C(=O)NC2(CCCCC2)C1=O. The van der Waals surface area contributed by atoms with Gasteiger partial charge in [0.1, 0.15) is 11.4 Å². The van der Waals surface area contributed by atoms with E-state index in [-0.39, 0.29) is 6.54 Å². The lowest BCUT2D eigenvalue weighted by Gasteiger charge is -2.35.